The third-order valence-corrected chi connectivity index (χ3v) is 27.8. The van der Waals surface area contributed by atoms with Gasteiger partial charge in [0.2, 0.25) is 0 Å². The van der Waals surface area contributed by atoms with Crippen molar-refractivity contribution in [3.8, 4) is 0 Å². The summed E-state index contributed by atoms with van der Waals surface area (Å²) in [5, 5.41) is 0. The molecule has 1 nitrogen and oxygen atoms in total. The van der Waals surface area contributed by atoms with E-state index >= 15 is 0 Å². The SMILES string of the molecule is CC[CH2][Ti]([CH2]CC)([CH2]CC)[O][Ti]([CH2]CC)([C](C)(C)C)[C](C)(C)C. The maximum absolute atomic E-state index is 7.69. The molecule has 0 rings (SSSR count). The number of hydrogen-bond acceptors (Lipinski definition) is 1. The molecule has 0 saturated carbocycles. The molecule has 23 heavy (non-hydrogen) atoms. The summed E-state index contributed by atoms with van der Waals surface area (Å²) in [4.78, 5) is 0. The zero-order chi connectivity index (χ0) is 18.4. The topological polar surface area (TPSA) is 9.23 Å². The van der Waals surface area contributed by atoms with Crippen LogP contribution in [0, 0.1) is 0 Å². The molecular formula is C20H46OTi2. The van der Waals surface area contributed by atoms with Crippen molar-refractivity contribution in [2.45, 2.75) is 121 Å². The molecule has 0 fully saturated rings. The van der Waals surface area contributed by atoms with E-state index in [4.69, 9.17) is 1.90 Å². The molecule has 0 heterocycles. The van der Waals surface area contributed by atoms with Crippen LogP contribution in [0.2, 0.25) is 26.3 Å². The molecule has 0 unspecified atom stereocenters. The summed E-state index contributed by atoms with van der Waals surface area (Å²) >= 11 is -4.72. The number of hydrogen-bond donors (Lipinski definition) is 0. The van der Waals surface area contributed by atoms with E-state index in [0.29, 0.717) is 7.44 Å². The Morgan fingerprint density at radius 1 is 0.565 bits per heavy atom. The second-order valence-electron chi connectivity index (χ2n) is 9.61. The zero-order valence-corrected chi connectivity index (χ0v) is 21.2. The normalized spacial score (nSPS) is 14.3. The third-order valence-electron chi connectivity index (χ3n) is 5.53. The minimum absolute atomic E-state index is 0.361. The van der Waals surface area contributed by atoms with Gasteiger partial charge in [-0.25, -0.2) is 0 Å². The summed E-state index contributed by atoms with van der Waals surface area (Å²) < 4.78 is 14.0. The van der Waals surface area contributed by atoms with E-state index in [9.17, 15) is 0 Å². The van der Waals surface area contributed by atoms with Gasteiger partial charge in [-0.1, -0.05) is 0 Å². The Bertz CT molecular complexity index is 294. The van der Waals surface area contributed by atoms with Crippen LogP contribution in [0.15, 0.2) is 0 Å². The van der Waals surface area contributed by atoms with Gasteiger partial charge in [-0.3, -0.25) is 0 Å². The van der Waals surface area contributed by atoms with Gasteiger partial charge in [0.05, 0.1) is 0 Å². The van der Waals surface area contributed by atoms with Gasteiger partial charge < -0.3 is 0 Å². The fourth-order valence-electron chi connectivity index (χ4n) is 4.85. The summed E-state index contributed by atoms with van der Waals surface area (Å²) in [5.74, 6) is 0. The molecule has 3 heteroatoms. The van der Waals surface area contributed by atoms with Crippen LogP contribution in [-0.4, -0.2) is 0 Å². The zero-order valence-electron chi connectivity index (χ0n) is 18.1. The Kier molecular flexibility index (Phi) is 10.5. The van der Waals surface area contributed by atoms with Gasteiger partial charge in [0.25, 0.3) is 0 Å². The molecule has 0 amide bonds. The van der Waals surface area contributed by atoms with E-state index in [1.807, 2.05) is 0 Å². The predicted molar refractivity (Wildman–Crippen MR) is 101 cm³/mol. The fraction of sp³-hybridized carbons (Fsp3) is 1.00. The predicted octanol–water partition coefficient (Wildman–Crippen LogP) is 8.89. The van der Waals surface area contributed by atoms with Crippen LogP contribution in [0.1, 0.15) is 94.9 Å². The van der Waals surface area contributed by atoms with Crippen LogP contribution < -0.4 is 0 Å². The monoisotopic (exact) mass is 398 g/mol. The Hall–Kier alpha value is 1.39. The molecule has 0 aromatic heterocycles. The molecule has 140 valence electrons. The van der Waals surface area contributed by atoms with Gasteiger partial charge in [0.15, 0.2) is 0 Å². The van der Waals surface area contributed by atoms with Gasteiger partial charge >= 0.3 is 157 Å². The summed E-state index contributed by atoms with van der Waals surface area (Å²) in [7, 11) is 0. The van der Waals surface area contributed by atoms with Crippen LogP contribution in [0.5, 0.6) is 0 Å². The molecule has 0 aromatic carbocycles. The van der Waals surface area contributed by atoms with Crippen molar-refractivity contribution in [2.24, 2.45) is 0 Å². The molecule has 0 saturated heterocycles. The third kappa shape index (κ3) is 6.25. The van der Waals surface area contributed by atoms with Gasteiger partial charge in [0, 0.05) is 0 Å². The average molecular weight is 398 g/mol. The molecule has 0 bridgehead atoms. The second-order valence-corrected chi connectivity index (χ2v) is 25.3. The van der Waals surface area contributed by atoms with Crippen molar-refractivity contribution in [3.63, 3.8) is 0 Å². The first kappa shape index (κ1) is 24.4. The molecule has 0 spiro atoms. The number of rotatable bonds is 10. The Morgan fingerprint density at radius 2 is 0.870 bits per heavy atom. The van der Waals surface area contributed by atoms with Crippen LogP contribution in [0.4, 0.5) is 0 Å². The average Bonchev–Trinajstić information content (AvgIpc) is 2.36. The van der Waals surface area contributed by atoms with E-state index in [1.54, 1.807) is 0 Å². The van der Waals surface area contributed by atoms with Crippen molar-refractivity contribution in [1.82, 2.24) is 0 Å². The molecule has 0 N–H and O–H groups in total. The minimum atomic E-state index is -2.51. The maximum atomic E-state index is 7.69. The summed E-state index contributed by atoms with van der Waals surface area (Å²) in [6.45, 7) is 24.4. The second kappa shape index (κ2) is 9.91. The molecule has 0 aliphatic rings. The summed E-state index contributed by atoms with van der Waals surface area (Å²) in [6.07, 6.45) is 5.24. The van der Waals surface area contributed by atoms with E-state index in [-0.39, 0.29) is 0 Å². The molecule has 0 radical (unpaired) electrons. The first-order valence-corrected chi connectivity index (χ1v) is 17.4. The van der Waals surface area contributed by atoms with Crippen molar-refractivity contribution in [3.05, 3.63) is 0 Å². The van der Waals surface area contributed by atoms with Crippen LogP contribution in [-0.2, 0) is 35.9 Å². The quantitative estimate of drug-likeness (QED) is 0.334. The van der Waals surface area contributed by atoms with Crippen LogP contribution >= 0.6 is 0 Å². The van der Waals surface area contributed by atoms with Crippen LogP contribution in [0.3, 0.4) is 0 Å². The van der Waals surface area contributed by atoms with Crippen molar-refractivity contribution >= 4 is 0 Å². The van der Waals surface area contributed by atoms with Crippen LogP contribution in [0.25, 0.3) is 0 Å². The summed E-state index contributed by atoms with van der Waals surface area (Å²) in [6, 6.07) is 0. The summed E-state index contributed by atoms with van der Waals surface area (Å²) in [5.41, 5.74) is 0. The Labute approximate surface area is 156 Å². The first-order chi connectivity index (χ1) is 10.4. The first-order valence-electron chi connectivity index (χ1n) is 10.2. The fourth-order valence-corrected chi connectivity index (χ4v) is 31.3. The molecule has 0 aromatic rings. The van der Waals surface area contributed by atoms with E-state index in [1.165, 1.54) is 44.6 Å². The van der Waals surface area contributed by atoms with Gasteiger partial charge in [-0.05, 0) is 0 Å². The van der Waals surface area contributed by atoms with Crippen molar-refractivity contribution < 1.29 is 35.9 Å². The molecule has 0 atom stereocenters. The van der Waals surface area contributed by atoms with Crippen molar-refractivity contribution in [2.75, 3.05) is 0 Å². The van der Waals surface area contributed by atoms with Crippen molar-refractivity contribution in [1.29, 1.82) is 0 Å². The van der Waals surface area contributed by atoms with Gasteiger partial charge in [0.1, 0.15) is 0 Å². The molecular weight excluding hydrogens is 352 g/mol. The van der Waals surface area contributed by atoms with E-state index in [2.05, 4.69) is 69.2 Å². The van der Waals surface area contributed by atoms with E-state index < -0.39 is 34.0 Å². The Balaban J connectivity index is 6.04. The Morgan fingerprint density at radius 3 is 1.09 bits per heavy atom. The van der Waals surface area contributed by atoms with Gasteiger partial charge in [-0.2, -0.15) is 0 Å². The molecule has 0 aliphatic carbocycles. The van der Waals surface area contributed by atoms with Gasteiger partial charge in [-0.15, -0.1) is 0 Å². The van der Waals surface area contributed by atoms with E-state index in [0.717, 1.165) is 0 Å². The molecule has 0 aliphatic heterocycles. The standard InChI is InChI=1S/2C4H9.4C3H7.O.2Ti/c2*1-4(2)3;4*1-3-2;;;/h2*1-3H3;4*1,3H2,2H3;;;.